The highest BCUT2D eigenvalue weighted by molar-refractivity contribution is 5.31. The van der Waals surface area contributed by atoms with E-state index in [0.717, 1.165) is 25.6 Å². The van der Waals surface area contributed by atoms with E-state index in [1.807, 2.05) is 0 Å². The molecule has 1 aromatic heterocycles. The van der Waals surface area contributed by atoms with Gasteiger partial charge in [-0.3, -0.25) is 0 Å². The van der Waals surface area contributed by atoms with Crippen molar-refractivity contribution >= 4 is 5.95 Å². The van der Waals surface area contributed by atoms with Gasteiger partial charge in [0, 0.05) is 25.7 Å². The Morgan fingerprint density at radius 1 is 1.40 bits per heavy atom. The van der Waals surface area contributed by atoms with Crippen LogP contribution in [-0.4, -0.2) is 40.6 Å². The molecule has 82 valence electrons. The highest BCUT2D eigenvalue weighted by atomic mass is 15.3. The number of anilines is 1. The van der Waals surface area contributed by atoms with Crippen molar-refractivity contribution in [2.75, 3.05) is 24.5 Å². The van der Waals surface area contributed by atoms with Gasteiger partial charge >= 0.3 is 0 Å². The van der Waals surface area contributed by atoms with Gasteiger partial charge in [-0.25, -0.2) is 15.0 Å². The molecule has 0 aliphatic carbocycles. The fraction of sp³-hybridized carbons (Fsp3) is 0.700. The lowest BCUT2D eigenvalue weighted by atomic mass is 10.0. The van der Waals surface area contributed by atoms with Gasteiger partial charge in [-0.05, 0) is 5.92 Å². The third kappa shape index (κ3) is 2.23. The summed E-state index contributed by atoms with van der Waals surface area (Å²) < 4.78 is 0. The Morgan fingerprint density at radius 3 is 2.80 bits per heavy atom. The van der Waals surface area contributed by atoms with Gasteiger partial charge in [-0.2, -0.15) is 0 Å². The molecule has 5 heteroatoms. The Balaban J connectivity index is 2.18. The van der Waals surface area contributed by atoms with Gasteiger partial charge in [0.15, 0.2) is 0 Å². The van der Waals surface area contributed by atoms with E-state index in [2.05, 4.69) is 39.0 Å². The quantitative estimate of drug-likeness (QED) is 0.756. The second-order valence-corrected chi connectivity index (χ2v) is 4.15. The second kappa shape index (κ2) is 4.53. The summed E-state index contributed by atoms with van der Waals surface area (Å²) in [5.74, 6) is 1.39. The zero-order valence-corrected chi connectivity index (χ0v) is 9.22. The van der Waals surface area contributed by atoms with E-state index in [1.165, 1.54) is 0 Å². The van der Waals surface area contributed by atoms with Crippen molar-refractivity contribution in [1.82, 2.24) is 20.3 Å². The third-order valence-electron chi connectivity index (χ3n) is 2.79. The molecule has 1 aliphatic heterocycles. The van der Waals surface area contributed by atoms with Crippen LogP contribution < -0.4 is 10.2 Å². The lowest BCUT2D eigenvalue weighted by molar-refractivity contribution is 0.385. The number of hydrogen-bond acceptors (Lipinski definition) is 5. The van der Waals surface area contributed by atoms with Crippen LogP contribution in [0.15, 0.2) is 12.7 Å². The van der Waals surface area contributed by atoms with Gasteiger partial charge in [0.25, 0.3) is 0 Å². The van der Waals surface area contributed by atoms with Crippen molar-refractivity contribution in [3.63, 3.8) is 0 Å². The first-order valence-electron chi connectivity index (χ1n) is 5.38. The zero-order chi connectivity index (χ0) is 10.7. The maximum Gasteiger partial charge on any atom is 0.228 e. The van der Waals surface area contributed by atoms with E-state index in [-0.39, 0.29) is 0 Å². The number of hydrogen-bond donors (Lipinski definition) is 1. The normalized spacial score (nSPS) is 22.1. The topological polar surface area (TPSA) is 53.9 Å². The first-order chi connectivity index (χ1) is 7.29. The van der Waals surface area contributed by atoms with Crippen molar-refractivity contribution in [2.24, 2.45) is 5.92 Å². The Bertz CT molecular complexity index is 300. The molecule has 1 aromatic rings. The summed E-state index contributed by atoms with van der Waals surface area (Å²) in [6.45, 7) is 7.42. The predicted octanol–water partition coefficient (Wildman–Crippen LogP) is 0.306. The molecule has 2 rings (SSSR count). The minimum atomic E-state index is 0.473. The average molecular weight is 207 g/mol. The number of nitrogens with zero attached hydrogens (tertiary/aromatic N) is 4. The second-order valence-electron chi connectivity index (χ2n) is 4.15. The maximum absolute atomic E-state index is 4.21. The number of rotatable bonds is 2. The lowest BCUT2D eigenvalue weighted by Crippen LogP contribution is -2.54. The highest BCUT2D eigenvalue weighted by Gasteiger charge is 2.26. The van der Waals surface area contributed by atoms with Crippen molar-refractivity contribution in [2.45, 2.75) is 19.9 Å². The van der Waals surface area contributed by atoms with Gasteiger partial charge in [0.05, 0.1) is 0 Å². The van der Waals surface area contributed by atoms with E-state index < -0.39 is 0 Å². The molecule has 0 spiro atoms. The summed E-state index contributed by atoms with van der Waals surface area (Å²) in [5, 5.41) is 3.40. The van der Waals surface area contributed by atoms with E-state index in [4.69, 9.17) is 0 Å². The van der Waals surface area contributed by atoms with Crippen LogP contribution in [-0.2, 0) is 0 Å². The van der Waals surface area contributed by atoms with Crippen LogP contribution in [0.25, 0.3) is 0 Å². The molecule has 1 N–H and O–H groups in total. The van der Waals surface area contributed by atoms with Crippen LogP contribution in [0.1, 0.15) is 13.8 Å². The van der Waals surface area contributed by atoms with E-state index >= 15 is 0 Å². The van der Waals surface area contributed by atoms with E-state index in [9.17, 15) is 0 Å². The van der Waals surface area contributed by atoms with E-state index in [1.54, 1.807) is 12.7 Å². The first-order valence-corrected chi connectivity index (χ1v) is 5.38. The Kier molecular flexibility index (Phi) is 3.11. The smallest absolute Gasteiger partial charge is 0.228 e. The summed E-state index contributed by atoms with van der Waals surface area (Å²) in [6, 6.07) is 0.473. The molecule has 0 aromatic carbocycles. The molecule has 15 heavy (non-hydrogen) atoms. The number of piperazine rings is 1. The predicted molar refractivity (Wildman–Crippen MR) is 58.7 cm³/mol. The molecule has 0 amide bonds. The molecule has 1 atom stereocenters. The first kappa shape index (κ1) is 10.3. The lowest BCUT2D eigenvalue weighted by Gasteiger charge is -2.38. The highest BCUT2D eigenvalue weighted by Crippen LogP contribution is 2.17. The largest absolute Gasteiger partial charge is 0.335 e. The minimum Gasteiger partial charge on any atom is -0.335 e. The summed E-state index contributed by atoms with van der Waals surface area (Å²) in [6.07, 6.45) is 3.11. The van der Waals surface area contributed by atoms with Gasteiger partial charge in [-0.1, -0.05) is 13.8 Å². The molecular weight excluding hydrogens is 190 g/mol. The standard InChI is InChI=1S/C10H17N5/c1-8(2)9-5-11-3-4-15(9)10-13-6-12-7-14-10/h6-9,11H,3-5H2,1-2H3. The maximum atomic E-state index is 4.21. The van der Waals surface area contributed by atoms with Gasteiger partial charge in [-0.15, -0.1) is 0 Å². The average Bonchev–Trinajstić information content (AvgIpc) is 2.30. The van der Waals surface area contributed by atoms with Crippen molar-refractivity contribution in [3.8, 4) is 0 Å². The van der Waals surface area contributed by atoms with E-state index in [0.29, 0.717) is 12.0 Å². The van der Waals surface area contributed by atoms with Crippen LogP contribution >= 0.6 is 0 Å². The number of nitrogens with one attached hydrogen (secondary N) is 1. The molecule has 0 bridgehead atoms. The summed E-state index contributed by atoms with van der Waals surface area (Å²) in [5.41, 5.74) is 0. The zero-order valence-electron chi connectivity index (χ0n) is 9.22. The fourth-order valence-electron chi connectivity index (χ4n) is 1.95. The molecule has 1 fully saturated rings. The molecule has 1 aliphatic rings. The molecule has 0 saturated carbocycles. The van der Waals surface area contributed by atoms with Gasteiger partial charge < -0.3 is 10.2 Å². The van der Waals surface area contributed by atoms with Gasteiger partial charge in [0.1, 0.15) is 12.7 Å². The summed E-state index contributed by atoms with van der Waals surface area (Å²) in [7, 11) is 0. The van der Waals surface area contributed by atoms with Crippen molar-refractivity contribution < 1.29 is 0 Å². The SMILES string of the molecule is CC(C)C1CNCCN1c1ncncn1. The van der Waals surface area contributed by atoms with Gasteiger partial charge in [0.2, 0.25) is 5.95 Å². The molecule has 0 radical (unpaired) electrons. The molecular formula is C10H17N5. The monoisotopic (exact) mass is 207 g/mol. The third-order valence-corrected chi connectivity index (χ3v) is 2.79. The number of aromatic nitrogens is 3. The van der Waals surface area contributed by atoms with Crippen LogP contribution in [0.3, 0.4) is 0 Å². The molecule has 1 saturated heterocycles. The summed E-state index contributed by atoms with van der Waals surface area (Å²) >= 11 is 0. The molecule has 1 unspecified atom stereocenters. The minimum absolute atomic E-state index is 0.473. The van der Waals surface area contributed by atoms with Crippen LogP contribution in [0, 0.1) is 5.92 Å². The summed E-state index contributed by atoms with van der Waals surface area (Å²) in [4.78, 5) is 14.5. The van der Waals surface area contributed by atoms with Crippen LogP contribution in [0.4, 0.5) is 5.95 Å². The molecule has 2 heterocycles. The Morgan fingerprint density at radius 2 is 2.13 bits per heavy atom. The van der Waals surface area contributed by atoms with Crippen LogP contribution in [0.5, 0.6) is 0 Å². The fourth-order valence-corrected chi connectivity index (χ4v) is 1.95. The van der Waals surface area contributed by atoms with Crippen molar-refractivity contribution in [3.05, 3.63) is 12.7 Å². The van der Waals surface area contributed by atoms with Crippen LogP contribution in [0.2, 0.25) is 0 Å². The van der Waals surface area contributed by atoms with Crippen molar-refractivity contribution in [1.29, 1.82) is 0 Å². The molecule has 5 nitrogen and oxygen atoms in total. The Labute approximate surface area is 89.9 Å². The Hall–Kier alpha value is -1.23.